The van der Waals surface area contributed by atoms with Gasteiger partial charge in [-0.15, -0.1) is 0 Å². The Labute approximate surface area is 109 Å². The molecule has 0 aliphatic carbocycles. The summed E-state index contributed by atoms with van der Waals surface area (Å²) in [6.07, 6.45) is 2.32. The zero-order chi connectivity index (χ0) is 14.3. The first kappa shape index (κ1) is 14.6. The van der Waals surface area contributed by atoms with Gasteiger partial charge in [-0.25, -0.2) is 14.8 Å². The van der Waals surface area contributed by atoms with Crippen LogP contribution in [0.5, 0.6) is 5.88 Å². The lowest BCUT2D eigenvalue weighted by Crippen LogP contribution is -2.03. The molecule has 0 amide bonds. The number of nitrogens with zero attached hydrogens (tertiary/aromatic N) is 4. The van der Waals surface area contributed by atoms with Crippen LogP contribution in [0.4, 0.5) is 0 Å². The predicted octanol–water partition coefficient (Wildman–Crippen LogP) is 1.47. The van der Waals surface area contributed by atoms with Crippen molar-refractivity contribution < 1.29 is 19.2 Å². The SMILES string of the molecule is CC.Cc1noc(COc2cnc(C(=O)O)cn2)n1. The maximum atomic E-state index is 10.5. The quantitative estimate of drug-likeness (QED) is 0.885. The molecule has 0 aromatic carbocycles. The van der Waals surface area contributed by atoms with Gasteiger partial charge in [0.2, 0.25) is 5.88 Å². The molecular formula is C11H14N4O4. The fourth-order valence-electron chi connectivity index (χ4n) is 1.04. The van der Waals surface area contributed by atoms with Gasteiger partial charge < -0.3 is 14.4 Å². The Balaban J connectivity index is 0.000000861. The van der Waals surface area contributed by atoms with Crippen molar-refractivity contribution in [2.24, 2.45) is 0 Å². The second-order valence-corrected chi connectivity index (χ2v) is 3.07. The maximum absolute atomic E-state index is 10.5. The van der Waals surface area contributed by atoms with E-state index in [4.69, 9.17) is 14.4 Å². The van der Waals surface area contributed by atoms with Crippen LogP contribution in [0.1, 0.15) is 36.1 Å². The third-order valence-electron chi connectivity index (χ3n) is 1.76. The second-order valence-electron chi connectivity index (χ2n) is 3.07. The summed E-state index contributed by atoms with van der Waals surface area (Å²) in [5.74, 6) is -0.134. The van der Waals surface area contributed by atoms with Crippen molar-refractivity contribution in [2.45, 2.75) is 27.4 Å². The minimum atomic E-state index is -1.14. The molecule has 0 spiro atoms. The summed E-state index contributed by atoms with van der Waals surface area (Å²) in [6, 6.07) is 0. The highest BCUT2D eigenvalue weighted by Gasteiger charge is 2.07. The standard InChI is InChI=1S/C9H8N4O4.C2H6/c1-5-12-8(17-13-5)4-16-7-3-10-6(2-11-7)9(14)15;1-2/h2-3H,4H2,1H3,(H,14,15);1-2H3. The summed E-state index contributed by atoms with van der Waals surface area (Å²) >= 11 is 0. The number of hydrogen-bond donors (Lipinski definition) is 1. The molecule has 0 bridgehead atoms. The minimum absolute atomic E-state index is 0.0575. The molecule has 0 saturated carbocycles. The van der Waals surface area contributed by atoms with Crippen LogP contribution >= 0.6 is 0 Å². The van der Waals surface area contributed by atoms with E-state index in [1.165, 1.54) is 6.20 Å². The smallest absolute Gasteiger partial charge is 0.356 e. The first-order chi connectivity index (χ1) is 9.15. The van der Waals surface area contributed by atoms with E-state index < -0.39 is 5.97 Å². The third-order valence-corrected chi connectivity index (χ3v) is 1.76. The first-order valence-corrected chi connectivity index (χ1v) is 5.62. The van der Waals surface area contributed by atoms with Crippen molar-refractivity contribution >= 4 is 5.97 Å². The number of hydrogen-bond acceptors (Lipinski definition) is 7. The van der Waals surface area contributed by atoms with Crippen molar-refractivity contribution in [3.63, 3.8) is 0 Å². The Morgan fingerprint density at radius 1 is 1.37 bits per heavy atom. The van der Waals surface area contributed by atoms with Crippen molar-refractivity contribution in [1.29, 1.82) is 0 Å². The Morgan fingerprint density at radius 2 is 2.11 bits per heavy atom. The van der Waals surface area contributed by atoms with E-state index in [0.29, 0.717) is 11.7 Å². The first-order valence-electron chi connectivity index (χ1n) is 5.62. The maximum Gasteiger partial charge on any atom is 0.356 e. The number of rotatable bonds is 4. The number of carboxylic acids is 1. The van der Waals surface area contributed by atoms with Crippen LogP contribution in [0, 0.1) is 6.92 Å². The number of aryl methyl sites for hydroxylation is 1. The molecule has 0 saturated heterocycles. The van der Waals surface area contributed by atoms with Crippen molar-refractivity contribution in [2.75, 3.05) is 0 Å². The van der Waals surface area contributed by atoms with Gasteiger partial charge in [-0.1, -0.05) is 19.0 Å². The molecule has 0 radical (unpaired) electrons. The summed E-state index contributed by atoms with van der Waals surface area (Å²) in [5, 5.41) is 12.2. The molecule has 2 heterocycles. The molecule has 1 N–H and O–H groups in total. The largest absolute Gasteiger partial charge is 0.476 e. The average Bonchev–Trinajstić information content (AvgIpc) is 2.85. The van der Waals surface area contributed by atoms with E-state index >= 15 is 0 Å². The molecular weight excluding hydrogens is 252 g/mol. The highest BCUT2D eigenvalue weighted by atomic mass is 16.5. The highest BCUT2D eigenvalue weighted by molar-refractivity contribution is 5.84. The van der Waals surface area contributed by atoms with Crippen LogP contribution in [0.15, 0.2) is 16.9 Å². The molecule has 8 heteroatoms. The van der Waals surface area contributed by atoms with Crippen LogP contribution in [-0.2, 0) is 6.61 Å². The van der Waals surface area contributed by atoms with Crippen LogP contribution in [0.3, 0.4) is 0 Å². The van der Waals surface area contributed by atoms with Crippen LogP contribution in [-0.4, -0.2) is 31.2 Å². The Kier molecular flexibility index (Phi) is 5.39. The molecule has 2 aromatic heterocycles. The van der Waals surface area contributed by atoms with Gasteiger partial charge in [0.1, 0.15) is 0 Å². The Morgan fingerprint density at radius 3 is 2.58 bits per heavy atom. The molecule has 102 valence electrons. The monoisotopic (exact) mass is 266 g/mol. The fraction of sp³-hybridized carbons (Fsp3) is 0.364. The van der Waals surface area contributed by atoms with Crippen molar-refractivity contribution in [3.8, 4) is 5.88 Å². The lowest BCUT2D eigenvalue weighted by molar-refractivity contribution is 0.0689. The molecule has 19 heavy (non-hydrogen) atoms. The van der Waals surface area contributed by atoms with E-state index in [1.807, 2.05) is 13.8 Å². The van der Waals surface area contributed by atoms with Gasteiger partial charge in [-0.3, -0.25) is 0 Å². The van der Waals surface area contributed by atoms with Gasteiger partial charge in [-0.2, -0.15) is 4.98 Å². The topological polar surface area (TPSA) is 111 Å². The summed E-state index contributed by atoms with van der Waals surface area (Å²) in [5.41, 5.74) is -0.147. The van der Waals surface area contributed by atoms with E-state index in [-0.39, 0.29) is 18.2 Å². The molecule has 0 fully saturated rings. The molecule has 0 aliphatic rings. The number of carbonyl (C=O) groups is 1. The zero-order valence-electron chi connectivity index (χ0n) is 10.8. The molecule has 0 atom stereocenters. The summed E-state index contributed by atoms with van der Waals surface area (Å²) in [4.78, 5) is 21.9. The number of carboxylic acid groups (broad SMARTS) is 1. The summed E-state index contributed by atoms with van der Waals surface area (Å²) in [6.45, 7) is 5.75. The molecule has 0 unspecified atom stereocenters. The Hall–Kier alpha value is -2.51. The van der Waals surface area contributed by atoms with Gasteiger partial charge in [0.05, 0.1) is 12.4 Å². The van der Waals surface area contributed by atoms with E-state index in [0.717, 1.165) is 6.20 Å². The number of aromatic carboxylic acids is 1. The zero-order valence-corrected chi connectivity index (χ0v) is 10.8. The lowest BCUT2D eigenvalue weighted by Gasteiger charge is -2.00. The van der Waals surface area contributed by atoms with Crippen LogP contribution in [0.2, 0.25) is 0 Å². The predicted molar refractivity (Wildman–Crippen MR) is 63.7 cm³/mol. The van der Waals surface area contributed by atoms with E-state index in [2.05, 4.69) is 20.1 Å². The van der Waals surface area contributed by atoms with Crippen molar-refractivity contribution in [1.82, 2.24) is 20.1 Å². The van der Waals surface area contributed by atoms with Gasteiger partial charge in [0.25, 0.3) is 5.89 Å². The van der Waals surface area contributed by atoms with Gasteiger partial charge >= 0.3 is 5.97 Å². The highest BCUT2D eigenvalue weighted by Crippen LogP contribution is 2.07. The summed E-state index contributed by atoms with van der Waals surface area (Å²) < 4.78 is 10.00. The van der Waals surface area contributed by atoms with Gasteiger partial charge in [0, 0.05) is 0 Å². The molecule has 8 nitrogen and oxygen atoms in total. The normalized spacial score (nSPS) is 9.42. The molecule has 0 aliphatic heterocycles. The van der Waals surface area contributed by atoms with Gasteiger partial charge in [0.15, 0.2) is 18.1 Å². The van der Waals surface area contributed by atoms with Crippen molar-refractivity contribution in [3.05, 3.63) is 29.8 Å². The second kappa shape index (κ2) is 7.04. The van der Waals surface area contributed by atoms with E-state index in [9.17, 15) is 4.79 Å². The Bertz CT molecular complexity index is 524. The fourth-order valence-corrected chi connectivity index (χ4v) is 1.04. The van der Waals surface area contributed by atoms with Gasteiger partial charge in [-0.05, 0) is 6.92 Å². The van der Waals surface area contributed by atoms with Crippen LogP contribution in [0.25, 0.3) is 0 Å². The summed E-state index contributed by atoms with van der Waals surface area (Å²) in [7, 11) is 0. The van der Waals surface area contributed by atoms with Crippen LogP contribution < -0.4 is 4.74 Å². The lowest BCUT2D eigenvalue weighted by atomic mass is 10.5. The minimum Gasteiger partial charge on any atom is -0.476 e. The average molecular weight is 266 g/mol. The van der Waals surface area contributed by atoms with E-state index in [1.54, 1.807) is 6.92 Å². The third kappa shape index (κ3) is 4.34. The molecule has 2 rings (SSSR count). The molecule has 2 aromatic rings. The number of ether oxygens (including phenoxy) is 1. The number of aromatic nitrogens is 4.